The molecule has 6 nitrogen and oxygen atoms in total. The standard InChI is InChI=1S/C22H22FN3O3/c1-12-10-13(2)17(16(27)11-12)19-18-20(25-24-19)22(28)26(8-9-29-3)21(18)14-6-4-5-7-15(14)23/h4-7,10-11,21,27H,8-9H2,1-3H3,(H,24,25). The second kappa shape index (κ2) is 7.33. The van der Waals surface area contributed by atoms with Gasteiger partial charge >= 0.3 is 0 Å². The van der Waals surface area contributed by atoms with Crippen LogP contribution in [0.15, 0.2) is 36.4 Å². The summed E-state index contributed by atoms with van der Waals surface area (Å²) >= 11 is 0. The van der Waals surface area contributed by atoms with E-state index in [1.165, 1.54) is 6.07 Å². The highest BCUT2D eigenvalue weighted by atomic mass is 19.1. The van der Waals surface area contributed by atoms with E-state index >= 15 is 0 Å². The van der Waals surface area contributed by atoms with Crippen LogP contribution in [0.25, 0.3) is 11.3 Å². The number of aromatic hydroxyl groups is 1. The number of aryl methyl sites for hydroxylation is 2. The fraction of sp³-hybridized carbons (Fsp3) is 0.273. The first kappa shape index (κ1) is 19.1. The minimum Gasteiger partial charge on any atom is -0.507 e. The highest BCUT2D eigenvalue weighted by Gasteiger charge is 2.43. The molecule has 7 heteroatoms. The van der Waals surface area contributed by atoms with Crippen LogP contribution in [0.3, 0.4) is 0 Å². The number of nitrogens with one attached hydrogen (secondary N) is 1. The maximum absolute atomic E-state index is 14.8. The summed E-state index contributed by atoms with van der Waals surface area (Å²) < 4.78 is 19.9. The van der Waals surface area contributed by atoms with E-state index in [0.29, 0.717) is 41.2 Å². The summed E-state index contributed by atoms with van der Waals surface area (Å²) in [5.74, 6) is -0.599. The van der Waals surface area contributed by atoms with Crippen LogP contribution in [0.5, 0.6) is 5.75 Å². The number of benzene rings is 2. The molecule has 1 unspecified atom stereocenters. The second-order valence-electron chi connectivity index (χ2n) is 7.25. The Hall–Kier alpha value is -3.19. The molecular weight excluding hydrogens is 373 g/mol. The van der Waals surface area contributed by atoms with Crippen LogP contribution in [0.1, 0.15) is 38.8 Å². The molecule has 1 aliphatic rings. The van der Waals surface area contributed by atoms with Gasteiger partial charge in [0.2, 0.25) is 0 Å². The predicted molar refractivity (Wildman–Crippen MR) is 106 cm³/mol. The lowest BCUT2D eigenvalue weighted by molar-refractivity contribution is 0.0675. The maximum atomic E-state index is 14.8. The minimum atomic E-state index is -0.664. The number of nitrogens with zero attached hydrogens (tertiary/aromatic N) is 2. The Bertz CT molecular complexity index is 1070. The summed E-state index contributed by atoms with van der Waals surface area (Å²) in [6, 6.07) is 9.32. The molecule has 29 heavy (non-hydrogen) atoms. The van der Waals surface area contributed by atoms with E-state index < -0.39 is 11.9 Å². The number of rotatable bonds is 5. The third kappa shape index (κ3) is 3.07. The largest absolute Gasteiger partial charge is 0.507 e. The van der Waals surface area contributed by atoms with Gasteiger partial charge in [0.25, 0.3) is 5.91 Å². The molecule has 0 saturated heterocycles. The maximum Gasteiger partial charge on any atom is 0.273 e. The molecule has 0 spiro atoms. The molecule has 0 bridgehead atoms. The third-order valence-electron chi connectivity index (χ3n) is 5.30. The van der Waals surface area contributed by atoms with E-state index in [2.05, 4.69) is 10.2 Å². The molecule has 0 aliphatic carbocycles. The normalized spacial score (nSPS) is 15.8. The molecule has 4 rings (SSSR count). The van der Waals surface area contributed by atoms with Crippen molar-refractivity contribution in [3.05, 3.63) is 70.2 Å². The van der Waals surface area contributed by atoms with Gasteiger partial charge in [-0.15, -0.1) is 0 Å². The van der Waals surface area contributed by atoms with E-state index in [4.69, 9.17) is 4.74 Å². The predicted octanol–water partition coefficient (Wildman–Crippen LogP) is 3.73. The molecule has 1 aromatic heterocycles. The molecule has 0 radical (unpaired) electrons. The van der Waals surface area contributed by atoms with Crippen molar-refractivity contribution < 1.29 is 19.0 Å². The number of methoxy groups -OCH3 is 1. The highest BCUT2D eigenvalue weighted by molar-refractivity contribution is 6.00. The van der Waals surface area contributed by atoms with Crippen molar-refractivity contribution in [3.63, 3.8) is 0 Å². The van der Waals surface area contributed by atoms with Crippen molar-refractivity contribution in [3.8, 4) is 17.0 Å². The van der Waals surface area contributed by atoms with Gasteiger partial charge in [0.15, 0.2) is 0 Å². The van der Waals surface area contributed by atoms with Crippen LogP contribution in [0, 0.1) is 19.7 Å². The Morgan fingerprint density at radius 3 is 2.72 bits per heavy atom. The number of H-pyrrole nitrogens is 1. The Morgan fingerprint density at radius 1 is 1.28 bits per heavy atom. The van der Waals surface area contributed by atoms with E-state index in [9.17, 15) is 14.3 Å². The molecule has 1 amide bonds. The van der Waals surface area contributed by atoms with Gasteiger partial charge in [0.05, 0.1) is 12.6 Å². The number of amides is 1. The number of phenols is 1. The number of fused-ring (bicyclic) bond motifs is 1. The van der Waals surface area contributed by atoms with Crippen LogP contribution in [-0.4, -0.2) is 46.4 Å². The van der Waals surface area contributed by atoms with Crippen molar-refractivity contribution in [2.45, 2.75) is 19.9 Å². The summed E-state index contributed by atoms with van der Waals surface area (Å²) in [5.41, 5.74) is 3.99. The zero-order valence-corrected chi connectivity index (χ0v) is 16.5. The molecule has 3 aromatic rings. The van der Waals surface area contributed by atoms with Gasteiger partial charge in [0, 0.05) is 30.3 Å². The summed E-state index contributed by atoms with van der Waals surface area (Å²) in [6.07, 6.45) is 0. The molecule has 2 heterocycles. The number of halogens is 1. The third-order valence-corrected chi connectivity index (χ3v) is 5.30. The van der Waals surface area contributed by atoms with Gasteiger partial charge in [-0.3, -0.25) is 9.89 Å². The number of hydrogen-bond acceptors (Lipinski definition) is 4. The Morgan fingerprint density at radius 2 is 2.03 bits per heavy atom. The van der Waals surface area contributed by atoms with Gasteiger partial charge in [0.1, 0.15) is 23.0 Å². The van der Waals surface area contributed by atoms with Gasteiger partial charge in [-0.05, 0) is 37.1 Å². The number of hydrogen-bond donors (Lipinski definition) is 2. The van der Waals surface area contributed by atoms with Crippen LogP contribution < -0.4 is 0 Å². The zero-order valence-electron chi connectivity index (χ0n) is 16.5. The molecule has 0 fully saturated rings. The number of aromatic amines is 1. The molecule has 2 N–H and O–H groups in total. The van der Waals surface area contributed by atoms with Crippen molar-refractivity contribution in [1.29, 1.82) is 0 Å². The summed E-state index contributed by atoms with van der Waals surface area (Å²) in [7, 11) is 1.55. The first-order valence-corrected chi connectivity index (χ1v) is 9.37. The fourth-order valence-corrected chi connectivity index (χ4v) is 4.08. The minimum absolute atomic E-state index is 0.0758. The number of phenolic OH excluding ortho intramolecular Hbond substituents is 1. The average molecular weight is 395 g/mol. The number of aromatic nitrogens is 2. The van der Waals surface area contributed by atoms with E-state index in [1.54, 1.807) is 36.3 Å². The summed E-state index contributed by atoms with van der Waals surface area (Å²) in [4.78, 5) is 14.7. The first-order valence-electron chi connectivity index (χ1n) is 9.37. The fourth-order valence-electron chi connectivity index (χ4n) is 4.08. The Labute approximate surface area is 167 Å². The Kier molecular flexibility index (Phi) is 4.84. The quantitative estimate of drug-likeness (QED) is 0.690. The second-order valence-corrected chi connectivity index (χ2v) is 7.25. The zero-order chi connectivity index (χ0) is 20.7. The SMILES string of the molecule is COCCN1C(=O)c2[nH]nc(-c3c(C)cc(C)cc3O)c2C1c1ccccc1F. The van der Waals surface area contributed by atoms with Crippen LogP contribution in [0.4, 0.5) is 4.39 Å². The van der Waals surface area contributed by atoms with Crippen molar-refractivity contribution >= 4 is 5.91 Å². The molecule has 1 aliphatic heterocycles. The molecule has 150 valence electrons. The van der Waals surface area contributed by atoms with Gasteiger partial charge in [-0.1, -0.05) is 24.3 Å². The summed E-state index contributed by atoms with van der Waals surface area (Å²) in [5, 5.41) is 17.8. The van der Waals surface area contributed by atoms with Crippen molar-refractivity contribution in [2.75, 3.05) is 20.3 Å². The van der Waals surface area contributed by atoms with Gasteiger partial charge in [-0.25, -0.2) is 4.39 Å². The molecule has 2 aromatic carbocycles. The van der Waals surface area contributed by atoms with Gasteiger partial charge in [-0.2, -0.15) is 5.10 Å². The highest BCUT2D eigenvalue weighted by Crippen LogP contribution is 2.45. The van der Waals surface area contributed by atoms with Crippen LogP contribution >= 0.6 is 0 Å². The lowest BCUT2D eigenvalue weighted by Crippen LogP contribution is -2.33. The van der Waals surface area contributed by atoms with Gasteiger partial charge < -0.3 is 14.7 Å². The van der Waals surface area contributed by atoms with E-state index in [1.807, 2.05) is 19.9 Å². The van der Waals surface area contributed by atoms with Crippen molar-refractivity contribution in [1.82, 2.24) is 15.1 Å². The first-order chi connectivity index (χ1) is 13.9. The van der Waals surface area contributed by atoms with Crippen LogP contribution in [-0.2, 0) is 4.74 Å². The lowest BCUT2D eigenvalue weighted by atomic mass is 9.93. The Balaban J connectivity index is 1.94. The lowest BCUT2D eigenvalue weighted by Gasteiger charge is -2.26. The number of carbonyl (C=O) groups excluding carboxylic acids is 1. The molecule has 1 atom stereocenters. The molecular formula is C22H22FN3O3. The smallest absolute Gasteiger partial charge is 0.273 e. The average Bonchev–Trinajstić information content (AvgIpc) is 3.19. The topological polar surface area (TPSA) is 78.5 Å². The summed E-state index contributed by atoms with van der Waals surface area (Å²) in [6.45, 7) is 4.39. The van der Waals surface area contributed by atoms with Crippen LogP contribution in [0.2, 0.25) is 0 Å². The monoisotopic (exact) mass is 395 g/mol. The van der Waals surface area contributed by atoms with E-state index in [0.717, 1.165) is 11.1 Å². The van der Waals surface area contributed by atoms with Crippen molar-refractivity contribution in [2.24, 2.45) is 0 Å². The number of ether oxygens (including phenoxy) is 1. The number of carbonyl (C=O) groups is 1. The molecule has 0 saturated carbocycles. The van der Waals surface area contributed by atoms with E-state index in [-0.39, 0.29) is 11.7 Å².